The highest BCUT2D eigenvalue weighted by Gasteiger charge is 2.13. The van der Waals surface area contributed by atoms with Crippen LogP contribution in [0.3, 0.4) is 0 Å². The van der Waals surface area contributed by atoms with Gasteiger partial charge in [0.1, 0.15) is 11.6 Å². The SMILES string of the molecule is O=C(COc1c(CO)cc(F)cc1CO)Nc1ccccc1. The summed E-state index contributed by atoms with van der Waals surface area (Å²) in [4.78, 5) is 11.8. The maximum absolute atomic E-state index is 13.3. The van der Waals surface area contributed by atoms with E-state index in [0.29, 0.717) is 5.69 Å². The smallest absolute Gasteiger partial charge is 0.262 e. The van der Waals surface area contributed by atoms with E-state index in [9.17, 15) is 19.4 Å². The average Bonchev–Trinajstić information content (AvgIpc) is 2.53. The minimum Gasteiger partial charge on any atom is -0.483 e. The molecule has 5 nitrogen and oxygen atoms in total. The monoisotopic (exact) mass is 305 g/mol. The van der Waals surface area contributed by atoms with Crippen molar-refractivity contribution in [1.82, 2.24) is 0 Å². The highest BCUT2D eigenvalue weighted by molar-refractivity contribution is 5.91. The molecule has 0 aromatic heterocycles. The minimum absolute atomic E-state index is 0.120. The summed E-state index contributed by atoms with van der Waals surface area (Å²) in [5, 5.41) is 21.1. The van der Waals surface area contributed by atoms with Crippen LogP contribution >= 0.6 is 0 Å². The van der Waals surface area contributed by atoms with Crippen LogP contribution in [-0.4, -0.2) is 22.7 Å². The molecule has 2 rings (SSSR count). The van der Waals surface area contributed by atoms with Crippen molar-refractivity contribution < 1.29 is 24.1 Å². The summed E-state index contributed by atoms with van der Waals surface area (Å²) in [5.41, 5.74) is 0.980. The highest BCUT2D eigenvalue weighted by Crippen LogP contribution is 2.26. The number of rotatable bonds is 6. The van der Waals surface area contributed by atoms with E-state index in [4.69, 9.17) is 4.74 Å². The van der Waals surface area contributed by atoms with E-state index in [-0.39, 0.29) is 23.5 Å². The molecule has 2 aromatic rings. The molecule has 0 heterocycles. The number of benzene rings is 2. The number of aliphatic hydroxyl groups excluding tert-OH is 2. The van der Waals surface area contributed by atoms with Crippen molar-refractivity contribution >= 4 is 11.6 Å². The summed E-state index contributed by atoms with van der Waals surface area (Å²) in [6.07, 6.45) is 0. The fraction of sp³-hybridized carbons (Fsp3) is 0.188. The van der Waals surface area contributed by atoms with Gasteiger partial charge in [0.15, 0.2) is 6.61 Å². The van der Waals surface area contributed by atoms with Gasteiger partial charge in [-0.15, -0.1) is 0 Å². The molecular formula is C16H16FNO4. The Balaban J connectivity index is 2.06. The first-order valence-electron chi connectivity index (χ1n) is 6.64. The van der Waals surface area contributed by atoms with Crippen LogP contribution in [0.2, 0.25) is 0 Å². The first-order chi connectivity index (χ1) is 10.6. The fourth-order valence-corrected chi connectivity index (χ4v) is 1.99. The van der Waals surface area contributed by atoms with Gasteiger partial charge in [-0.1, -0.05) is 18.2 Å². The molecule has 22 heavy (non-hydrogen) atoms. The van der Waals surface area contributed by atoms with Gasteiger partial charge >= 0.3 is 0 Å². The first-order valence-corrected chi connectivity index (χ1v) is 6.64. The van der Waals surface area contributed by atoms with Crippen molar-refractivity contribution in [2.24, 2.45) is 0 Å². The Morgan fingerprint density at radius 2 is 1.68 bits per heavy atom. The van der Waals surface area contributed by atoms with E-state index >= 15 is 0 Å². The Bertz CT molecular complexity index is 621. The molecule has 2 aromatic carbocycles. The van der Waals surface area contributed by atoms with Crippen LogP contribution in [0, 0.1) is 5.82 Å². The van der Waals surface area contributed by atoms with E-state index in [1.807, 2.05) is 6.07 Å². The first kappa shape index (κ1) is 15.9. The summed E-state index contributed by atoms with van der Waals surface area (Å²) in [7, 11) is 0. The van der Waals surface area contributed by atoms with Crippen LogP contribution in [0.15, 0.2) is 42.5 Å². The molecule has 0 spiro atoms. The Hall–Kier alpha value is -2.44. The number of anilines is 1. The molecule has 3 N–H and O–H groups in total. The predicted molar refractivity (Wildman–Crippen MR) is 78.8 cm³/mol. The maximum atomic E-state index is 13.3. The molecule has 0 aliphatic heterocycles. The van der Waals surface area contributed by atoms with Crippen molar-refractivity contribution in [2.75, 3.05) is 11.9 Å². The summed E-state index contributed by atoms with van der Waals surface area (Å²) >= 11 is 0. The number of aliphatic hydroxyl groups is 2. The summed E-state index contributed by atoms with van der Waals surface area (Å²) < 4.78 is 18.7. The lowest BCUT2D eigenvalue weighted by molar-refractivity contribution is -0.118. The van der Waals surface area contributed by atoms with Gasteiger partial charge in [-0.25, -0.2) is 4.39 Å². The largest absolute Gasteiger partial charge is 0.483 e. The molecule has 0 bridgehead atoms. The van der Waals surface area contributed by atoms with Crippen molar-refractivity contribution in [2.45, 2.75) is 13.2 Å². The van der Waals surface area contributed by atoms with E-state index in [0.717, 1.165) is 12.1 Å². The van der Waals surface area contributed by atoms with Gasteiger partial charge in [-0.2, -0.15) is 0 Å². The Morgan fingerprint density at radius 3 is 2.23 bits per heavy atom. The van der Waals surface area contributed by atoms with E-state index in [1.54, 1.807) is 24.3 Å². The van der Waals surface area contributed by atoms with Crippen LogP contribution in [-0.2, 0) is 18.0 Å². The zero-order valence-electron chi connectivity index (χ0n) is 11.8. The molecule has 0 fully saturated rings. The number of carbonyl (C=O) groups excluding carboxylic acids is 1. The van der Waals surface area contributed by atoms with E-state index < -0.39 is 24.9 Å². The second-order valence-electron chi connectivity index (χ2n) is 4.57. The van der Waals surface area contributed by atoms with Crippen molar-refractivity contribution in [3.63, 3.8) is 0 Å². The third-order valence-electron chi connectivity index (χ3n) is 2.95. The fourth-order valence-electron chi connectivity index (χ4n) is 1.99. The topological polar surface area (TPSA) is 78.8 Å². The number of ether oxygens (including phenoxy) is 1. The normalized spacial score (nSPS) is 10.3. The molecule has 0 saturated carbocycles. The van der Waals surface area contributed by atoms with Gasteiger partial charge in [-0.3, -0.25) is 4.79 Å². The Labute approximate surface area is 127 Å². The number of carbonyl (C=O) groups is 1. The molecule has 0 unspecified atom stereocenters. The molecule has 116 valence electrons. The highest BCUT2D eigenvalue weighted by atomic mass is 19.1. The van der Waals surface area contributed by atoms with Gasteiger partial charge in [0.2, 0.25) is 0 Å². The average molecular weight is 305 g/mol. The van der Waals surface area contributed by atoms with Crippen LogP contribution < -0.4 is 10.1 Å². The van der Waals surface area contributed by atoms with Crippen molar-refractivity contribution in [1.29, 1.82) is 0 Å². The number of hydrogen-bond acceptors (Lipinski definition) is 4. The number of hydrogen-bond donors (Lipinski definition) is 3. The van der Waals surface area contributed by atoms with Gasteiger partial charge < -0.3 is 20.3 Å². The quantitative estimate of drug-likeness (QED) is 0.761. The third kappa shape index (κ3) is 4.03. The number of para-hydroxylation sites is 1. The second-order valence-corrected chi connectivity index (χ2v) is 4.57. The van der Waals surface area contributed by atoms with Crippen LogP contribution in [0.25, 0.3) is 0 Å². The molecule has 0 aliphatic carbocycles. The standard InChI is InChI=1S/C16H16FNO4/c17-13-6-11(8-19)16(12(7-13)9-20)22-10-15(21)18-14-4-2-1-3-5-14/h1-7,19-20H,8-10H2,(H,18,21). The summed E-state index contributed by atoms with van der Waals surface area (Å²) in [6.45, 7) is -1.23. The van der Waals surface area contributed by atoms with Crippen LogP contribution in [0.5, 0.6) is 5.75 Å². The molecule has 6 heteroatoms. The number of amides is 1. The number of nitrogens with one attached hydrogen (secondary N) is 1. The molecule has 1 amide bonds. The minimum atomic E-state index is -0.589. The molecule has 0 radical (unpaired) electrons. The third-order valence-corrected chi connectivity index (χ3v) is 2.95. The lowest BCUT2D eigenvalue weighted by atomic mass is 10.1. The van der Waals surface area contributed by atoms with Crippen LogP contribution in [0.4, 0.5) is 10.1 Å². The Morgan fingerprint density at radius 1 is 1.09 bits per heavy atom. The zero-order valence-corrected chi connectivity index (χ0v) is 11.8. The van der Waals surface area contributed by atoms with E-state index in [1.165, 1.54) is 0 Å². The molecular weight excluding hydrogens is 289 g/mol. The van der Waals surface area contributed by atoms with Gasteiger partial charge in [0.25, 0.3) is 5.91 Å². The van der Waals surface area contributed by atoms with E-state index in [2.05, 4.69) is 5.32 Å². The molecule has 0 aliphatic rings. The second kappa shape index (κ2) is 7.53. The van der Waals surface area contributed by atoms with Gasteiger partial charge in [0.05, 0.1) is 13.2 Å². The van der Waals surface area contributed by atoms with Crippen molar-refractivity contribution in [3.05, 3.63) is 59.4 Å². The summed E-state index contributed by atoms with van der Waals surface area (Å²) in [6, 6.07) is 11.1. The maximum Gasteiger partial charge on any atom is 0.262 e. The predicted octanol–water partition coefficient (Wildman–Crippen LogP) is 1.83. The van der Waals surface area contributed by atoms with Gasteiger partial charge in [0, 0.05) is 16.8 Å². The molecule has 0 saturated heterocycles. The lowest BCUT2D eigenvalue weighted by Crippen LogP contribution is -2.21. The van der Waals surface area contributed by atoms with Crippen molar-refractivity contribution in [3.8, 4) is 5.75 Å². The van der Waals surface area contributed by atoms with Gasteiger partial charge in [-0.05, 0) is 24.3 Å². The number of halogens is 1. The van der Waals surface area contributed by atoms with Crippen LogP contribution in [0.1, 0.15) is 11.1 Å². The Kier molecular flexibility index (Phi) is 5.46. The lowest BCUT2D eigenvalue weighted by Gasteiger charge is -2.14. The zero-order chi connectivity index (χ0) is 15.9. The summed E-state index contributed by atoms with van der Waals surface area (Å²) in [5.74, 6) is -0.868. The molecule has 0 atom stereocenters.